The summed E-state index contributed by atoms with van der Waals surface area (Å²) in [7, 11) is 0. The van der Waals surface area contributed by atoms with Gasteiger partial charge in [0.1, 0.15) is 0 Å². The minimum Gasteiger partial charge on any atom is -0.313 e. The Morgan fingerprint density at radius 2 is 1.95 bits per heavy atom. The molecule has 2 heteroatoms. The second-order valence-corrected chi connectivity index (χ2v) is 7.00. The zero-order valence-corrected chi connectivity index (χ0v) is 14.0. The van der Waals surface area contributed by atoms with Gasteiger partial charge in [-0.05, 0) is 57.2 Å². The summed E-state index contributed by atoms with van der Waals surface area (Å²) in [6, 6.07) is 12.2. The highest BCUT2D eigenvalue weighted by Gasteiger charge is 2.21. The maximum Gasteiger partial charge on any atom is 0.0197 e. The van der Waals surface area contributed by atoms with Crippen molar-refractivity contribution in [2.45, 2.75) is 58.5 Å². The van der Waals surface area contributed by atoms with E-state index >= 15 is 0 Å². The molecular weight excluding hydrogens is 256 g/mol. The molecule has 0 bridgehead atoms. The Morgan fingerprint density at radius 3 is 2.67 bits per heavy atom. The summed E-state index contributed by atoms with van der Waals surface area (Å²) in [5.41, 5.74) is 1.47. The monoisotopic (exact) mass is 288 g/mol. The summed E-state index contributed by atoms with van der Waals surface area (Å²) >= 11 is 0. The maximum absolute atomic E-state index is 3.73. The SMILES string of the molecule is CC(C)CC1CN(C(C)CCc2ccccc2)CCCN1. The molecule has 1 aliphatic heterocycles. The maximum atomic E-state index is 3.73. The lowest BCUT2D eigenvalue weighted by molar-refractivity contribution is 0.189. The molecule has 0 amide bonds. The quantitative estimate of drug-likeness (QED) is 0.858. The van der Waals surface area contributed by atoms with E-state index in [1.165, 1.54) is 50.9 Å². The molecule has 0 aromatic heterocycles. The van der Waals surface area contributed by atoms with Crippen molar-refractivity contribution in [2.75, 3.05) is 19.6 Å². The van der Waals surface area contributed by atoms with Gasteiger partial charge in [-0.3, -0.25) is 4.90 Å². The van der Waals surface area contributed by atoms with Crippen LogP contribution in [-0.4, -0.2) is 36.6 Å². The zero-order valence-electron chi connectivity index (χ0n) is 14.0. The van der Waals surface area contributed by atoms with Gasteiger partial charge in [0.05, 0.1) is 0 Å². The Balaban J connectivity index is 1.83. The van der Waals surface area contributed by atoms with Crippen LogP contribution in [0.15, 0.2) is 30.3 Å². The van der Waals surface area contributed by atoms with Crippen LogP contribution in [0.3, 0.4) is 0 Å². The highest BCUT2D eigenvalue weighted by Crippen LogP contribution is 2.15. The average molecular weight is 288 g/mol. The molecule has 118 valence electrons. The van der Waals surface area contributed by atoms with Crippen LogP contribution in [0.5, 0.6) is 0 Å². The van der Waals surface area contributed by atoms with Gasteiger partial charge in [-0.15, -0.1) is 0 Å². The summed E-state index contributed by atoms with van der Waals surface area (Å²) in [5, 5.41) is 3.73. The van der Waals surface area contributed by atoms with E-state index in [-0.39, 0.29) is 0 Å². The Hall–Kier alpha value is -0.860. The molecule has 2 unspecified atom stereocenters. The number of benzene rings is 1. The largest absolute Gasteiger partial charge is 0.313 e. The number of nitrogens with one attached hydrogen (secondary N) is 1. The fourth-order valence-corrected chi connectivity index (χ4v) is 3.36. The van der Waals surface area contributed by atoms with Gasteiger partial charge >= 0.3 is 0 Å². The van der Waals surface area contributed by atoms with Crippen LogP contribution in [0.1, 0.15) is 45.6 Å². The van der Waals surface area contributed by atoms with Crippen molar-refractivity contribution in [2.24, 2.45) is 5.92 Å². The molecule has 1 aromatic carbocycles. The Morgan fingerprint density at radius 1 is 1.19 bits per heavy atom. The molecule has 2 nitrogen and oxygen atoms in total. The van der Waals surface area contributed by atoms with E-state index in [1.54, 1.807) is 0 Å². The van der Waals surface area contributed by atoms with Crippen molar-refractivity contribution in [1.29, 1.82) is 0 Å². The molecule has 0 aliphatic carbocycles. The van der Waals surface area contributed by atoms with Crippen molar-refractivity contribution in [3.8, 4) is 0 Å². The minimum absolute atomic E-state index is 0.673. The first-order chi connectivity index (χ1) is 10.1. The molecule has 1 heterocycles. The van der Waals surface area contributed by atoms with Crippen molar-refractivity contribution in [1.82, 2.24) is 10.2 Å². The zero-order chi connectivity index (χ0) is 15.1. The van der Waals surface area contributed by atoms with Crippen molar-refractivity contribution in [3.05, 3.63) is 35.9 Å². The van der Waals surface area contributed by atoms with Gasteiger partial charge in [0.25, 0.3) is 0 Å². The smallest absolute Gasteiger partial charge is 0.0197 e. The van der Waals surface area contributed by atoms with Crippen LogP contribution in [0.25, 0.3) is 0 Å². The predicted molar refractivity (Wildman–Crippen MR) is 91.7 cm³/mol. The third-order valence-electron chi connectivity index (χ3n) is 4.58. The lowest BCUT2D eigenvalue weighted by Gasteiger charge is -2.31. The molecule has 2 rings (SSSR count). The number of aryl methyl sites for hydroxylation is 1. The molecule has 2 atom stereocenters. The Bertz CT molecular complexity index is 388. The number of rotatable bonds is 6. The highest BCUT2D eigenvalue weighted by atomic mass is 15.2. The molecular formula is C19H32N2. The highest BCUT2D eigenvalue weighted by molar-refractivity contribution is 5.14. The van der Waals surface area contributed by atoms with Gasteiger partial charge in [-0.2, -0.15) is 0 Å². The molecule has 1 saturated heterocycles. The van der Waals surface area contributed by atoms with E-state index < -0.39 is 0 Å². The lowest BCUT2D eigenvalue weighted by atomic mass is 10.0. The Labute approximate surface area is 130 Å². The summed E-state index contributed by atoms with van der Waals surface area (Å²) < 4.78 is 0. The summed E-state index contributed by atoms with van der Waals surface area (Å²) in [6.45, 7) is 10.7. The van der Waals surface area contributed by atoms with Crippen LogP contribution in [0.2, 0.25) is 0 Å². The first-order valence-electron chi connectivity index (χ1n) is 8.66. The first-order valence-corrected chi connectivity index (χ1v) is 8.66. The standard InChI is InChI=1S/C19H32N2/c1-16(2)14-19-15-21(13-7-12-20-19)17(3)10-11-18-8-5-4-6-9-18/h4-6,8-9,16-17,19-20H,7,10-15H2,1-3H3. The van der Waals surface area contributed by atoms with Crippen LogP contribution in [0.4, 0.5) is 0 Å². The van der Waals surface area contributed by atoms with Crippen LogP contribution in [0, 0.1) is 5.92 Å². The van der Waals surface area contributed by atoms with Crippen LogP contribution < -0.4 is 5.32 Å². The van der Waals surface area contributed by atoms with Gasteiger partial charge in [0, 0.05) is 18.6 Å². The third-order valence-corrected chi connectivity index (χ3v) is 4.58. The van der Waals surface area contributed by atoms with E-state index in [0.29, 0.717) is 12.1 Å². The average Bonchev–Trinajstić information content (AvgIpc) is 2.71. The summed E-state index contributed by atoms with van der Waals surface area (Å²) in [6.07, 6.45) is 5.03. The topological polar surface area (TPSA) is 15.3 Å². The molecule has 1 aromatic rings. The van der Waals surface area contributed by atoms with E-state index in [2.05, 4.69) is 61.3 Å². The van der Waals surface area contributed by atoms with Gasteiger partial charge in [-0.1, -0.05) is 44.2 Å². The molecule has 0 spiro atoms. The van der Waals surface area contributed by atoms with Crippen molar-refractivity contribution in [3.63, 3.8) is 0 Å². The molecule has 0 saturated carbocycles. The minimum atomic E-state index is 0.673. The number of nitrogens with zero attached hydrogens (tertiary/aromatic N) is 1. The first kappa shape index (κ1) is 16.5. The molecule has 0 radical (unpaired) electrons. The molecule has 1 aliphatic rings. The summed E-state index contributed by atoms with van der Waals surface area (Å²) in [4.78, 5) is 2.70. The number of hydrogen-bond donors (Lipinski definition) is 1. The third kappa shape index (κ3) is 5.80. The van der Waals surface area contributed by atoms with Gasteiger partial charge in [0.15, 0.2) is 0 Å². The van der Waals surface area contributed by atoms with Gasteiger partial charge < -0.3 is 5.32 Å². The molecule has 1 fully saturated rings. The van der Waals surface area contributed by atoms with Crippen molar-refractivity contribution < 1.29 is 0 Å². The second kappa shape index (κ2) is 8.55. The molecule has 1 N–H and O–H groups in total. The fraction of sp³-hybridized carbons (Fsp3) is 0.684. The van der Waals surface area contributed by atoms with E-state index in [1.807, 2.05) is 0 Å². The molecule has 21 heavy (non-hydrogen) atoms. The van der Waals surface area contributed by atoms with E-state index in [0.717, 1.165) is 5.92 Å². The van der Waals surface area contributed by atoms with E-state index in [9.17, 15) is 0 Å². The van der Waals surface area contributed by atoms with Crippen molar-refractivity contribution >= 4 is 0 Å². The normalized spacial score (nSPS) is 22.2. The van der Waals surface area contributed by atoms with Gasteiger partial charge in [0.2, 0.25) is 0 Å². The second-order valence-electron chi connectivity index (χ2n) is 7.00. The lowest BCUT2D eigenvalue weighted by Crippen LogP contribution is -2.42. The van der Waals surface area contributed by atoms with E-state index in [4.69, 9.17) is 0 Å². The number of hydrogen-bond acceptors (Lipinski definition) is 2. The summed E-state index contributed by atoms with van der Waals surface area (Å²) in [5.74, 6) is 0.780. The predicted octanol–water partition coefficient (Wildman–Crippen LogP) is 3.72. The fourth-order valence-electron chi connectivity index (χ4n) is 3.36. The van der Waals surface area contributed by atoms with Crippen LogP contribution in [-0.2, 0) is 6.42 Å². The van der Waals surface area contributed by atoms with Crippen LogP contribution >= 0.6 is 0 Å². The van der Waals surface area contributed by atoms with Gasteiger partial charge in [-0.25, -0.2) is 0 Å². The Kier molecular flexibility index (Phi) is 6.72.